The SMILES string of the molecule is Cc1csc(N2C[C@@]3(CN4CCC3CC4)OC2=O)c1. The van der Waals surface area contributed by atoms with E-state index in [1.807, 2.05) is 4.90 Å². The van der Waals surface area contributed by atoms with Crippen LogP contribution in [0.5, 0.6) is 0 Å². The average Bonchev–Trinajstić information content (AvgIpc) is 2.95. The van der Waals surface area contributed by atoms with E-state index in [0.717, 1.165) is 18.1 Å². The molecule has 19 heavy (non-hydrogen) atoms. The predicted molar refractivity (Wildman–Crippen MR) is 74.8 cm³/mol. The molecule has 4 fully saturated rings. The number of hydrogen-bond donors (Lipinski definition) is 0. The van der Waals surface area contributed by atoms with E-state index in [0.29, 0.717) is 5.92 Å². The zero-order chi connectivity index (χ0) is 13.0. The second kappa shape index (κ2) is 3.96. The van der Waals surface area contributed by atoms with E-state index in [1.165, 1.54) is 31.5 Å². The minimum absolute atomic E-state index is 0.157. The lowest BCUT2D eigenvalue weighted by molar-refractivity contribution is -0.0881. The lowest BCUT2D eigenvalue weighted by Gasteiger charge is -2.49. The van der Waals surface area contributed by atoms with E-state index in [9.17, 15) is 4.79 Å². The first-order chi connectivity index (χ1) is 9.16. The zero-order valence-electron chi connectivity index (χ0n) is 11.1. The molecular formula is C14H18N2O2S. The summed E-state index contributed by atoms with van der Waals surface area (Å²) in [6.07, 6.45) is 2.19. The standard InChI is InChI=1S/C14H18N2O2S/c1-10-6-12(19-7-10)16-9-14(18-13(16)17)8-15-4-2-11(14)3-5-15/h6-7,11H,2-5,8-9H2,1H3/t14-/m1/s1. The molecule has 4 saturated heterocycles. The molecule has 4 aliphatic heterocycles. The van der Waals surface area contributed by atoms with Crippen molar-refractivity contribution in [2.45, 2.75) is 25.4 Å². The van der Waals surface area contributed by atoms with Gasteiger partial charge in [-0.05, 0) is 49.9 Å². The number of nitrogens with zero attached hydrogens (tertiary/aromatic N) is 2. The molecule has 0 aliphatic carbocycles. The summed E-state index contributed by atoms with van der Waals surface area (Å²) in [4.78, 5) is 16.5. The molecule has 2 bridgehead atoms. The molecule has 0 aromatic carbocycles. The number of anilines is 1. The maximum atomic E-state index is 12.2. The molecule has 5 heteroatoms. The van der Waals surface area contributed by atoms with Crippen LogP contribution in [0.3, 0.4) is 0 Å². The van der Waals surface area contributed by atoms with Crippen LogP contribution in [0, 0.1) is 12.8 Å². The summed E-state index contributed by atoms with van der Waals surface area (Å²) in [7, 11) is 0. The number of thiophene rings is 1. The first kappa shape index (κ1) is 11.7. The molecule has 5 rings (SSSR count). The molecule has 102 valence electrons. The summed E-state index contributed by atoms with van der Waals surface area (Å²) in [6, 6.07) is 2.08. The van der Waals surface area contributed by atoms with Gasteiger partial charge in [0, 0.05) is 12.5 Å². The maximum absolute atomic E-state index is 12.2. The molecule has 1 aromatic rings. The van der Waals surface area contributed by atoms with Crippen LogP contribution >= 0.6 is 11.3 Å². The molecule has 1 amide bonds. The van der Waals surface area contributed by atoms with Crippen molar-refractivity contribution in [1.29, 1.82) is 0 Å². The second-order valence-electron chi connectivity index (χ2n) is 6.03. The lowest BCUT2D eigenvalue weighted by Crippen LogP contribution is -2.61. The highest BCUT2D eigenvalue weighted by Gasteiger charge is 2.55. The third kappa shape index (κ3) is 1.71. The second-order valence-corrected chi connectivity index (χ2v) is 6.92. The summed E-state index contributed by atoms with van der Waals surface area (Å²) in [5.41, 5.74) is 0.966. The van der Waals surface area contributed by atoms with Crippen molar-refractivity contribution >= 4 is 22.4 Å². The van der Waals surface area contributed by atoms with E-state index in [-0.39, 0.29) is 11.7 Å². The van der Waals surface area contributed by atoms with Gasteiger partial charge in [-0.2, -0.15) is 0 Å². The molecule has 1 spiro atoms. The topological polar surface area (TPSA) is 32.8 Å². The van der Waals surface area contributed by atoms with Crippen LogP contribution in [0.25, 0.3) is 0 Å². The minimum atomic E-state index is -0.245. The lowest BCUT2D eigenvalue weighted by atomic mass is 9.75. The molecule has 0 unspecified atom stereocenters. The van der Waals surface area contributed by atoms with Crippen LogP contribution in [0.15, 0.2) is 11.4 Å². The van der Waals surface area contributed by atoms with Gasteiger partial charge in [0.1, 0.15) is 10.6 Å². The van der Waals surface area contributed by atoms with Gasteiger partial charge in [0.25, 0.3) is 0 Å². The van der Waals surface area contributed by atoms with Crippen molar-refractivity contribution in [3.63, 3.8) is 0 Å². The first-order valence-electron chi connectivity index (χ1n) is 6.94. The molecule has 0 N–H and O–H groups in total. The molecule has 1 atom stereocenters. The largest absolute Gasteiger partial charge is 0.439 e. The van der Waals surface area contributed by atoms with E-state index in [2.05, 4.69) is 23.3 Å². The zero-order valence-corrected chi connectivity index (χ0v) is 11.9. The van der Waals surface area contributed by atoms with Crippen LogP contribution in [-0.2, 0) is 4.74 Å². The number of hydrogen-bond acceptors (Lipinski definition) is 4. The van der Waals surface area contributed by atoms with Crippen molar-refractivity contribution in [3.8, 4) is 0 Å². The summed E-state index contributed by atoms with van der Waals surface area (Å²) in [6.45, 7) is 6.05. The molecular weight excluding hydrogens is 260 g/mol. The summed E-state index contributed by atoms with van der Waals surface area (Å²) < 4.78 is 5.85. The van der Waals surface area contributed by atoms with Gasteiger partial charge in [-0.1, -0.05) is 0 Å². The van der Waals surface area contributed by atoms with Gasteiger partial charge in [0.05, 0.1) is 6.54 Å². The smallest absolute Gasteiger partial charge is 0.415 e. The van der Waals surface area contributed by atoms with E-state index < -0.39 is 0 Å². The van der Waals surface area contributed by atoms with Crippen molar-refractivity contribution in [1.82, 2.24) is 4.90 Å². The van der Waals surface area contributed by atoms with Gasteiger partial charge in [-0.25, -0.2) is 4.79 Å². The number of piperidine rings is 3. The third-order valence-electron chi connectivity index (χ3n) is 4.74. The number of ether oxygens (including phenoxy) is 1. The van der Waals surface area contributed by atoms with Gasteiger partial charge in [0.2, 0.25) is 0 Å². The van der Waals surface area contributed by atoms with Crippen LogP contribution in [0.4, 0.5) is 9.80 Å². The normalized spacial score (nSPS) is 37.1. The molecule has 4 aliphatic rings. The van der Waals surface area contributed by atoms with Gasteiger partial charge in [0.15, 0.2) is 0 Å². The summed E-state index contributed by atoms with van der Waals surface area (Å²) in [5, 5.41) is 3.11. The van der Waals surface area contributed by atoms with Gasteiger partial charge in [-0.3, -0.25) is 9.80 Å². The third-order valence-corrected chi connectivity index (χ3v) is 5.81. The van der Waals surface area contributed by atoms with Crippen LogP contribution in [0.1, 0.15) is 18.4 Å². The van der Waals surface area contributed by atoms with Crippen LogP contribution in [-0.4, -0.2) is 42.8 Å². The number of aryl methyl sites for hydroxylation is 1. The highest BCUT2D eigenvalue weighted by atomic mass is 32.1. The highest BCUT2D eigenvalue weighted by Crippen LogP contribution is 2.44. The van der Waals surface area contributed by atoms with Crippen molar-refractivity contribution in [2.75, 3.05) is 31.1 Å². The highest BCUT2D eigenvalue weighted by molar-refractivity contribution is 7.14. The molecule has 4 nitrogen and oxygen atoms in total. The Bertz CT molecular complexity index is 521. The van der Waals surface area contributed by atoms with Gasteiger partial charge in [-0.15, -0.1) is 11.3 Å². The predicted octanol–water partition coefficient (Wildman–Crippen LogP) is 2.48. The Morgan fingerprint density at radius 2 is 2.16 bits per heavy atom. The van der Waals surface area contributed by atoms with Crippen molar-refractivity contribution in [3.05, 3.63) is 17.0 Å². The summed E-state index contributed by atoms with van der Waals surface area (Å²) >= 11 is 1.63. The maximum Gasteiger partial charge on any atom is 0.415 e. The number of carbonyl (C=O) groups is 1. The Kier molecular flexibility index (Phi) is 2.45. The molecule has 5 heterocycles. The quantitative estimate of drug-likeness (QED) is 0.791. The molecule has 0 radical (unpaired) electrons. The van der Waals surface area contributed by atoms with E-state index in [1.54, 1.807) is 11.3 Å². The summed E-state index contributed by atoms with van der Waals surface area (Å²) in [5.74, 6) is 0.549. The Labute approximate surface area is 116 Å². The fraction of sp³-hybridized carbons (Fsp3) is 0.643. The van der Waals surface area contributed by atoms with Crippen LogP contribution < -0.4 is 4.90 Å². The first-order valence-corrected chi connectivity index (χ1v) is 7.82. The van der Waals surface area contributed by atoms with E-state index in [4.69, 9.17) is 4.74 Å². The number of amides is 1. The average molecular weight is 278 g/mol. The van der Waals surface area contributed by atoms with Gasteiger partial charge < -0.3 is 4.74 Å². The Morgan fingerprint density at radius 1 is 1.37 bits per heavy atom. The Balaban J connectivity index is 1.63. The van der Waals surface area contributed by atoms with E-state index >= 15 is 0 Å². The van der Waals surface area contributed by atoms with Crippen molar-refractivity contribution < 1.29 is 9.53 Å². The van der Waals surface area contributed by atoms with Crippen LogP contribution in [0.2, 0.25) is 0 Å². The van der Waals surface area contributed by atoms with Gasteiger partial charge >= 0.3 is 6.09 Å². The minimum Gasteiger partial charge on any atom is -0.439 e. The number of carbonyl (C=O) groups excluding carboxylic acids is 1. The number of fused-ring (bicyclic) bond motifs is 2. The molecule has 0 saturated carbocycles. The Morgan fingerprint density at radius 3 is 2.74 bits per heavy atom. The number of rotatable bonds is 1. The Hall–Kier alpha value is -1.07. The monoisotopic (exact) mass is 278 g/mol. The molecule has 1 aromatic heterocycles. The fourth-order valence-electron chi connectivity index (χ4n) is 3.74. The van der Waals surface area contributed by atoms with Crippen molar-refractivity contribution in [2.24, 2.45) is 5.92 Å². The fourth-order valence-corrected chi connectivity index (χ4v) is 4.63.